The van der Waals surface area contributed by atoms with Crippen LogP contribution in [0.3, 0.4) is 0 Å². The number of likely N-dealkylation sites (tertiary alicyclic amines) is 1. The van der Waals surface area contributed by atoms with Gasteiger partial charge in [-0.3, -0.25) is 4.90 Å². The van der Waals surface area contributed by atoms with Crippen LogP contribution in [0, 0.1) is 0 Å². The molecule has 0 aromatic carbocycles. The fourth-order valence-electron chi connectivity index (χ4n) is 4.52. The fraction of sp³-hybridized carbons (Fsp3) is 1.00. The Morgan fingerprint density at radius 1 is 1.05 bits per heavy atom. The molecule has 2 heterocycles. The van der Waals surface area contributed by atoms with Crippen molar-refractivity contribution in [3.63, 3.8) is 0 Å². The van der Waals surface area contributed by atoms with Crippen LogP contribution < -0.4 is 5.32 Å². The quantitative estimate of drug-likeness (QED) is 0.856. The summed E-state index contributed by atoms with van der Waals surface area (Å²) >= 11 is 0. The zero-order chi connectivity index (χ0) is 13.4. The van der Waals surface area contributed by atoms with E-state index in [4.69, 9.17) is 4.74 Å². The van der Waals surface area contributed by atoms with Gasteiger partial charge >= 0.3 is 0 Å². The molecular weight excluding hydrogens is 248 g/mol. The third-order valence-electron chi connectivity index (χ3n) is 6.09. The van der Waals surface area contributed by atoms with Crippen LogP contribution in [0.4, 0.5) is 0 Å². The van der Waals surface area contributed by atoms with E-state index in [1.807, 2.05) is 0 Å². The Hall–Kier alpha value is -0.120. The summed E-state index contributed by atoms with van der Waals surface area (Å²) in [5.41, 5.74) is 0.300. The summed E-state index contributed by atoms with van der Waals surface area (Å²) < 4.78 is 6.12. The molecule has 114 valence electrons. The molecule has 1 N–H and O–H groups in total. The van der Waals surface area contributed by atoms with Crippen molar-refractivity contribution in [3.8, 4) is 0 Å². The molecule has 2 atom stereocenters. The summed E-state index contributed by atoms with van der Waals surface area (Å²) in [7, 11) is 0. The molecule has 3 heteroatoms. The molecule has 2 aliphatic carbocycles. The number of piperidine rings is 1. The van der Waals surface area contributed by atoms with Crippen LogP contribution in [0.1, 0.15) is 64.2 Å². The van der Waals surface area contributed by atoms with Gasteiger partial charge in [-0.2, -0.15) is 0 Å². The number of rotatable bonds is 4. The number of nitrogens with zero attached hydrogens (tertiary/aromatic N) is 1. The molecule has 2 saturated carbocycles. The smallest absolute Gasteiger partial charge is 0.0697 e. The first-order valence-electron chi connectivity index (χ1n) is 8.98. The number of hydrogen-bond acceptors (Lipinski definition) is 3. The Morgan fingerprint density at radius 3 is 2.70 bits per heavy atom. The van der Waals surface area contributed by atoms with Crippen molar-refractivity contribution in [1.29, 1.82) is 0 Å². The molecule has 0 bridgehead atoms. The maximum atomic E-state index is 6.12. The maximum absolute atomic E-state index is 6.12. The van der Waals surface area contributed by atoms with Gasteiger partial charge in [0.15, 0.2) is 0 Å². The van der Waals surface area contributed by atoms with Crippen molar-refractivity contribution in [2.24, 2.45) is 0 Å². The van der Waals surface area contributed by atoms with Gasteiger partial charge in [0, 0.05) is 31.3 Å². The Bertz CT molecular complexity index is 338. The Labute approximate surface area is 123 Å². The fourth-order valence-corrected chi connectivity index (χ4v) is 4.52. The molecule has 2 saturated heterocycles. The predicted octanol–water partition coefficient (Wildman–Crippen LogP) is 2.69. The van der Waals surface area contributed by atoms with Crippen LogP contribution in [0.25, 0.3) is 0 Å². The highest BCUT2D eigenvalue weighted by atomic mass is 16.5. The largest absolute Gasteiger partial charge is 0.375 e. The first-order valence-corrected chi connectivity index (χ1v) is 8.98. The van der Waals surface area contributed by atoms with Gasteiger partial charge in [-0.05, 0) is 64.3 Å². The molecule has 4 fully saturated rings. The van der Waals surface area contributed by atoms with Crippen molar-refractivity contribution in [2.45, 2.75) is 87.9 Å². The lowest BCUT2D eigenvalue weighted by atomic mass is 9.73. The van der Waals surface area contributed by atoms with E-state index >= 15 is 0 Å². The molecule has 0 aromatic rings. The Kier molecular flexibility index (Phi) is 3.78. The molecule has 0 radical (unpaired) electrons. The molecular formula is C17H30N2O. The van der Waals surface area contributed by atoms with E-state index in [0.717, 1.165) is 24.7 Å². The minimum Gasteiger partial charge on any atom is -0.375 e. The highest BCUT2D eigenvalue weighted by Gasteiger charge is 2.45. The number of ether oxygens (including phenoxy) is 1. The highest BCUT2D eigenvalue weighted by molar-refractivity contribution is 4.98. The van der Waals surface area contributed by atoms with Crippen LogP contribution in [0.2, 0.25) is 0 Å². The molecule has 1 spiro atoms. The summed E-state index contributed by atoms with van der Waals surface area (Å²) in [4.78, 5) is 2.86. The summed E-state index contributed by atoms with van der Waals surface area (Å²) in [5.74, 6) is 0. The predicted molar refractivity (Wildman–Crippen MR) is 80.9 cm³/mol. The van der Waals surface area contributed by atoms with Crippen molar-refractivity contribution in [3.05, 3.63) is 0 Å². The van der Waals surface area contributed by atoms with E-state index in [9.17, 15) is 0 Å². The minimum absolute atomic E-state index is 0.300. The SMILES string of the molecule is C1CCN(C2CCOC3(CCC3)C2)C(CNC2CC2)C1. The van der Waals surface area contributed by atoms with Crippen LogP contribution in [-0.2, 0) is 4.74 Å². The van der Waals surface area contributed by atoms with E-state index in [-0.39, 0.29) is 0 Å². The number of nitrogens with one attached hydrogen (secondary N) is 1. The van der Waals surface area contributed by atoms with E-state index in [0.29, 0.717) is 5.60 Å². The van der Waals surface area contributed by atoms with Crippen LogP contribution in [-0.4, -0.2) is 48.3 Å². The highest BCUT2D eigenvalue weighted by Crippen LogP contribution is 2.44. The standard InChI is InChI=1S/C17H30N2O/c1-2-10-19(16(4-1)13-18-14-5-6-14)15-7-11-20-17(12-15)8-3-9-17/h14-16,18H,1-13H2. The molecule has 20 heavy (non-hydrogen) atoms. The maximum Gasteiger partial charge on any atom is 0.0697 e. The Morgan fingerprint density at radius 2 is 1.95 bits per heavy atom. The van der Waals surface area contributed by atoms with Crippen LogP contribution >= 0.6 is 0 Å². The lowest BCUT2D eigenvalue weighted by Gasteiger charge is -2.52. The van der Waals surface area contributed by atoms with Crippen molar-refractivity contribution in [2.75, 3.05) is 19.7 Å². The van der Waals surface area contributed by atoms with E-state index in [1.165, 1.54) is 77.3 Å². The zero-order valence-corrected chi connectivity index (χ0v) is 12.8. The molecule has 0 aromatic heterocycles. The molecule has 4 rings (SSSR count). The second-order valence-corrected chi connectivity index (χ2v) is 7.60. The van der Waals surface area contributed by atoms with Gasteiger partial charge in [0.2, 0.25) is 0 Å². The van der Waals surface area contributed by atoms with Gasteiger partial charge in [0.1, 0.15) is 0 Å². The topological polar surface area (TPSA) is 24.5 Å². The van der Waals surface area contributed by atoms with Crippen molar-refractivity contribution >= 4 is 0 Å². The van der Waals surface area contributed by atoms with Gasteiger partial charge in [0.25, 0.3) is 0 Å². The summed E-state index contributed by atoms with van der Waals surface area (Å²) in [6, 6.07) is 2.45. The van der Waals surface area contributed by atoms with Gasteiger partial charge in [-0.1, -0.05) is 6.42 Å². The molecule has 2 aliphatic heterocycles. The summed E-state index contributed by atoms with van der Waals surface area (Å²) in [6.45, 7) is 3.57. The second-order valence-electron chi connectivity index (χ2n) is 7.60. The van der Waals surface area contributed by atoms with E-state index < -0.39 is 0 Å². The van der Waals surface area contributed by atoms with Crippen molar-refractivity contribution < 1.29 is 4.74 Å². The average Bonchev–Trinajstić information content (AvgIpc) is 3.28. The second kappa shape index (κ2) is 5.58. The summed E-state index contributed by atoms with van der Waals surface area (Å²) in [6.07, 6.45) is 13.7. The zero-order valence-electron chi connectivity index (χ0n) is 12.8. The first-order chi connectivity index (χ1) is 9.85. The van der Waals surface area contributed by atoms with Gasteiger partial charge in [-0.25, -0.2) is 0 Å². The van der Waals surface area contributed by atoms with E-state index in [1.54, 1.807) is 0 Å². The van der Waals surface area contributed by atoms with Crippen LogP contribution in [0.5, 0.6) is 0 Å². The number of hydrogen-bond donors (Lipinski definition) is 1. The van der Waals surface area contributed by atoms with E-state index in [2.05, 4.69) is 10.2 Å². The minimum atomic E-state index is 0.300. The van der Waals surface area contributed by atoms with Crippen LogP contribution in [0.15, 0.2) is 0 Å². The summed E-state index contributed by atoms with van der Waals surface area (Å²) in [5, 5.41) is 3.77. The lowest BCUT2D eigenvalue weighted by Crippen LogP contribution is -2.57. The molecule has 2 unspecified atom stereocenters. The lowest BCUT2D eigenvalue weighted by molar-refractivity contribution is -0.153. The van der Waals surface area contributed by atoms with Gasteiger partial charge < -0.3 is 10.1 Å². The third kappa shape index (κ3) is 2.77. The monoisotopic (exact) mass is 278 g/mol. The molecule has 0 amide bonds. The third-order valence-corrected chi connectivity index (χ3v) is 6.09. The molecule has 3 nitrogen and oxygen atoms in total. The van der Waals surface area contributed by atoms with Gasteiger partial charge in [0.05, 0.1) is 5.60 Å². The normalized spacial score (nSPS) is 37.8. The molecule has 4 aliphatic rings. The average molecular weight is 278 g/mol. The first kappa shape index (κ1) is 13.5. The Balaban J connectivity index is 1.38. The van der Waals surface area contributed by atoms with Gasteiger partial charge in [-0.15, -0.1) is 0 Å². The van der Waals surface area contributed by atoms with Crippen molar-refractivity contribution in [1.82, 2.24) is 10.2 Å².